The quantitative estimate of drug-likeness (QED) is 0.302. The maximum absolute atomic E-state index is 11.2. The predicted molar refractivity (Wildman–Crippen MR) is 51.5 cm³/mol. The fourth-order valence-electron chi connectivity index (χ4n) is 0.412. The number of ether oxygens (including phenoxy) is 1. The molecule has 0 rings (SSSR count). The van der Waals surface area contributed by atoms with Crippen molar-refractivity contribution in [3.63, 3.8) is 0 Å². The molecule has 0 saturated heterocycles. The molecule has 0 aromatic rings. The summed E-state index contributed by atoms with van der Waals surface area (Å²) in [5.41, 5.74) is 6.17. The van der Waals surface area contributed by atoms with Crippen LogP contribution in [0.3, 0.4) is 0 Å². The number of nitrogens with zero attached hydrogens (tertiary/aromatic N) is 1. The summed E-state index contributed by atoms with van der Waals surface area (Å²) in [5, 5.41) is 0. The van der Waals surface area contributed by atoms with Crippen LogP contribution in [0.1, 0.15) is 13.8 Å². The highest BCUT2D eigenvalue weighted by Gasteiger charge is 2.37. The van der Waals surface area contributed by atoms with Gasteiger partial charge >= 0.3 is 11.8 Å². The van der Waals surface area contributed by atoms with Gasteiger partial charge in [0.15, 0.2) is 0 Å². The molecule has 2 N–H and O–H groups in total. The number of quaternary nitrogens is 1. The Bertz CT molecular complexity index is 226. The molecule has 4 heteroatoms. The Morgan fingerprint density at radius 1 is 1.46 bits per heavy atom. The molecule has 13 heavy (non-hydrogen) atoms. The molecule has 0 amide bonds. The van der Waals surface area contributed by atoms with Gasteiger partial charge in [0.25, 0.3) is 0 Å². The van der Waals surface area contributed by atoms with E-state index in [1.807, 2.05) is 21.1 Å². The van der Waals surface area contributed by atoms with Gasteiger partial charge in [-0.05, 0) is 6.92 Å². The Kier molecular flexibility index (Phi) is 3.24. The van der Waals surface area contributed by atoms with E-state index in [2.05, 4.69) is 6.58 Å². The molecule has 0 bridgehead atoms. The molecule has 0 spiro atoms. The van der Waals surface area contributed by atoms with Gasteiger partial charge in [0, 0.05) is 12.5 Å². The molecular formula is C9H19N2O2+. The summed E-state index contributed by atoms with van der Waals surface area (Å²) in [6, 6.07) is 0. The predicted octanol–water partition coefficient (Wildman–Crippen LogP) is 0.444. The van der Waals surface area contributed by atoms with Crippen LogP contribution >= 0.6 is 0 Å². The van der Waals surface area contributed by atoms with E-state index < -0.39 is 11.8 Å². The largest absolute Gasteiger partial charge is 0.393 e. The average Bonchev–Trinajstić information content (AvgIpc) is 1.83. The van der Waals surface area contributed by atoms with E-state index in [0.29, 0.717) is 10.1 Å². The van der Waals surface area contributed by atoms with Crippen LogP contribution in [-0.2, 0) is 9.53 Å². The minimum atomic E-state index is -1.03. The van der Waals surface area contributed by atoms with E-state index in [9.17, 15) is 4.79 Å². The molecular weight excluding hydrogens is 168 g/mol. The fraction of sp³-hybridized carbons (Fsp3) is 0.667. The lowest BCUT2D eigenvalue weighted by Gasteiger charge is -2.38. The Hall–Kier alpha value is -0.870. The first-order valence-electron chi connectivity index (χ1n) is 4.07. The molecule has 1 atom stereocenters. The van der Waals surface area contributed by atoms with Crippen molar-refractivity contribution in [3.8, 4) is 0 Å². The van der Waals surface area contributed by atoms with Crippen LogP contribution < -0.4 is 5.73 Å². The van der Waals surface area contributed by atoms with E-state index in [-0.39, 0.29) is 0 Å². The first-order valence-corrected chi connectivity index (χ1v) is 4.07. The van der Waals surface area contributed by atoms with E-state index >= 15 is 0 Å². The van der Waals surface area contributed by atoms with Gasteiger partial charge < -0.3 is 4.74 Å². The number of rotatable bonds is 3. The van der Waals surface area contributed by atoms with Crippen LogP contribution in [0.25, 0.3) is 0 Å². The topological polar surface area (TPSA) is 52.3 Å². The van der Waals surface area contributed by atoms with Crippen molar-refractivity contribution in [1.82, 2.24) is 0 Å². The van der Waals surface area contributed by atoms with Crippen molar-refractivity contribution in [1.29, 1.82) is 0 Å². The van der Waals surface area contributed by atoms with E-state index in [0.717, 1.165) is 0 Å². The molecule has 0 heterocycles. The minimum Gasteiger partial charge on any atom is -0.393 e. The Morgan fingerprint density at radius 3 is 2.08 bits per heavy atom. The molecule has 0 aliphatic heterocycles. The summed E-state index contributed by atoms with van der Waals surface area (Å²) >= 11 is 0. The number of nitrogens with two attached hydrogens (primary N) is 1. The van der Waals surface area contributed by atoms with E-state index in [4.69, 9.17) is 10.5 Å². The van der Waals surface area contributed by atoms with Gasteiger partial charge in [-0.1, -0.05) is 6.58 Å². The van der Waals surface area contributed by atoms with Crippen molar-refractivity contribution < 1.29 is 14.0 Å². The minimum absolute atomic E-state index is 0.339. The van der Waals surface area contributed by atoms with Crippen molar-refractivity contribution in [2.75, 3.05) is 21.1 Å². The third-order valence-electron chi connectivity index (χ3n) is 1.98. The van der Waals surface area contributed by atoms with Crippen molar-refractivity contribution in [3.05, 3.63) is 12.2 Å². The third kappa shape index (κ3) is 3.16. The van der Waals surface area contributed by atoms with Crippen LogP contribution in [0.5, 0.6) is 0 Å². The first kappa shape index (κ1) is 12.1. The number of carbonyl (C=O) groups is 1. The van der Waals surface area contributed by atoms with Gasteiger partial charge in [0.05, 0.1) is 21.1 Å². The lowest BCUT2D eigenvalue weighted by molar-refractivity contribution is -0.945. The van der Waals surface area contributed by atoms with Crippen molar-refractivity contribution >= 4 is 5.97 Å². The SMILES string of the molecule is C=C(C)C(=O)OC(C)(N)[N+](C)(C)C. The Morgan fingerprint density at radius 2 is 1.85 bits per heavy atom. The van der Waals surface area contributed by atoms with Crippen LogP contribution in [0.4, 0.5) is 0 Å². The number of carbonyl (C=O) groups excluding carboxylic acids is 1. The maximum Gasteiger partial charge on any atom is 0.338 e. The van der Waals surface area contributed by atoms with Gasteiger partial charge in [0.1, 0.15) is 0 Å². The second-order valence-electron chi connectivity index (χ2n) is 4.24. The van der Waals surface area contributed by atoms with Crippen LogP contribution in [-0.4, -0.2) is 37.4 Å². The molecule has 0 aliphatic rings. The van der Waals surface area contributed by atoms with Gasteiger partial charge in [0.2, 0.25) is 0 Å². The summed E-state index contributed by atoms with van der Waals surface area (Å²) < 4.78 is 5.41. The molecule has 0 radical (unpaired) electrons. The van der Waals surface area contributed by atoms with Gasteiger partial charge in [-0.3, -0.25) is 4.48 Å². The van der Waals surface area contributed by atoms with Gasteiger partial charge in [-0.15, -0.1) is 0 Å². The lowest BCUT2D eigenvalue weighted by atomic mass is 10.3. The highest BCUT2D eigenvalue weighted by Crippen LogP contribution is 2.14. The van der Waals surface area contributed by atoms with Crippen molar-refractivity contribution in [2.24, 2.45) is 5.73 Å². The molecule has 1 unspecified atom stereocenters. The second-order valence-corrected chi connectivity index (χ2v) is 4.24. The highest BCUT2D eigenvalue weighted by molar-refractivity contribution is 5.87. The second kappa shape index (κ2) is 3.47. The summed E-state index contributed by atoms with van der Waals surface area (Å²) in [4.78, 5) is 11.2. The Labute approximate surface area is 79.6 Å². The zero-order chi connectivity index (χ0) is 10.9. The highest BCUT2D eigenvalue weighted by atomic mass is 16.6. The normalized spacial score (nSPS) is 16.2. The standard InChI is InChI=1S/C9H19N2O2/c1-7(2)8(12)13-9(3,10)11(4,5)6/h1,10H2,2-6H3/q+1. The summed E-state index contributed by atoms with van der Waals surface area (Å²) in [6.07, 6.45) is 0. The van der Waals surface area contributed by atoms with E-state index in [1.165, 1.54) is 0 Å². The maximum atomic E-state index is 11.2. The smallest absolute Gasteiger partial charge is 0.338 e. The molecule has 76 valence electrons. The van der Waals surface area contributed by atoms with Crippen LogP contribution in [0, 0.1) is 0 Å². The van der Waals surface area contributed by atoms with E-state index in [1.54, 1.807) is 13.8 Å². The average molecular weight is 187 g/mol. The van der Waals surface area contributed by atoms with Gasteiger partial charge in [-0.25, -0.2) is 10.5 Å². The molecule has 0 aromatic carbocycles. The zero-order valence-corrected chi connectivity index (χ0v) is 9.05. The van der Waals surface area contributed by atoms with Gasteiger partial charge in [-0.2, -0.15) is 0 Å². The fourth-order valence-corrected chi connectivity index (χ4v) is 0.412. The van der Waals surface area contributed by atoms with Crippen LogP contribution in [0.15, 0.2) is 12.2 Å². The van der Waals surface area contributed by atoms with Crippen molar-refractivity contribution in [2.45, 2.75) is 19.7 Å². The number of esters is 1. The summed E-state index contributed by atoms with van der Waals surface area (Å²) in [6.45, 7) is 6.74. The molecule has 4 nitrogen and oxygen atoms in total. The molecule has 0 aromatic heterocycles. The Balaban J connectivity index is 4.53. The number of hydrogen-bond donors (Lipinski definition) is 1. The number of hydrogen-bond acceptors (Lipinski definition) is 3. The summed E-state index contributed by atoms with van der Waals surface area (Å²) in [7, 11) is 5.56. The molecule has 0 fully saturated rings. The third-order valence-corrected chi connectivity index (χ3v) is 1.98. The zero-order valence-electron chi connectivity index (χ0n) is 9.05. The molecule has 0 saturated carbocycles. The monoisotopic (exact) mass is 187 g/mol. The van der Waals surface area contributed by atoms with Crippen LogP contribution in [0.2, 0.25) is 0 Å². The summed E-state index contributed by atoms with van der Waals surface area (Å²) in [5.74, 6) is -1.49. The molecule has 0 aliphatic carbocycles. The lowest BCUT2D eigenvalue weighted by Crippen LogP contribution is -2.63. The first-order chi connectivity index (χ1) is 5.58.